The number of carboxylic acid groups (broad SMARTS) is 1. The van der Waals surface area contributed by atoms with Crippen LogP contribution in [-0.4, -0.2) is 58.7 Å². The third-order valence-electron chi connectivity index (χ3n) is 4.90. The van der Waals surface area contributed by atoms with Crippen LogP contribution in [0.4, 0.5) is 14.9 Å². The van der Waals surface area contributed by atoms with Crippen molar-refractivity contribution in [3.05, 3.63) is 70.0 Å². The summed E-state index contributed by atoms with van der Waals surface area (Å²) >= 11 is 0. The fourth-order valence-corrected chi connectivity index (χ4v) is 3.38. The number of ether oxygens (including phenoxy) is 1. The normalized spacial score (nSPS) is 17.1. The lowest BCUT2D eigenvalue weighted by Gasteiger charge is -2.40. The Hall–Kier alpha value is -3.20. The van der Waals surface area contributed by atoms with Gasteiger partial charge in [-0.3, -0.25) is 19.9 Å². The van der Waals surface area contributed by atoms with E-state index >= 15 is 0 Å². The van der Waals surface area contributed by atoms with Gasteiger partial charge in [-0.05, 0) is 36.2 Å². The monoisotopic (exact) mass is 403 g/mol. The van der Waals surface area contributed by atoms with Gasteiger partial charge in [0.15, 0.2) is 0 Å². The van der Waals surface area contributed by atoms with E-state index in [1.807, 2.05) is 0 Å². The van der Waals surface area contributed by atoms with Gasteiger partial charge in [0.25, 0.3) is 5.69 Å². The molecule has 1 fully saturated rings. The lowest BCUT2D eigenvalue weighted by molar-refractivity contribution is -0.384. The lowest BCUT2D eigenvalue weighted by Crippen LogP contribution is -2.50. The minimum Gasteiger partial charge on any atom is -0.494 e. The zero-order valence-electron chi connectivity index (χ0n) is 15.7. The molecular formula is C20H22FN3O5. The van der Waals surface area contributed by atoms with Crippen LogP contribution in [0.5, 0.6) is 5.75 Å². The van der Waals surface area contributed by atoms with Crippen molar-refractivity contribution < 1.29 is 24.0 Å². The maximum atomic E-state index is 12.9. The van der Waals surface area contributed by atoms with E-state index < -0.39 is 11.0 Å². The van der Waals surface area contributed by atoms with Crippen LogP contribution in [0.25, 0.3) is 0 Å². The number of nitro groups is 1. The maximum absolute atomic E-state index is 12.9. The van der Waals surface area contributed by atoms with Gasteiger partial charge in [0.2, 0.25) is 0 Å². The molecule has 1 amide bonds. The van der Waals surface area contributed by atoms with Crippen LogP contribution in [0.2, 0.25) is 0 Å². The first-order valence-corrected chi connectivity index (χ1v) is 9.28. The van der Waals surface area contributed by atoms with Crippen LogP contribution < -0.4 is 4.74 Å². The molecule has 0 aliphatic carbocycles. The van der Waals surface area contributed by atoms with Gasteiger partial charge in [-0.25, -0.2) is 9.18 Å². The van der Waals surface area contributed by atoms with E-state index in [9.17, 15) is 24.4 Å². The number of non-ortho nitro benzene ring substituents is 1. The maximum Gasteiger partial charge on any atom is 0.407 e. The Balaban J connectivity index is 1.56. The molecule has 0 spiro atoms. The second-order valence-corrected chi connectivity index (χ2v) is 6.80. The minimum absolute atomic E-state index is 0.0266. The van der Waals surface area contributed by atoms with Gasteiger partial charge < -0.3 is 9.84 Å². The van der Waals surface area contributed by atoms with Gasteiger partial charge in [-0.2, -0.15) is 0 Å². The highest BCUT2D eigenvalue weighted by atomic mass is 19.1. The summed E-state index contributed by atoms with van der Waals surface area (Å²) in [6.07, 6.45) is -0.273. The number of amides is 1. The summed E-state index contributed by atoms with van der Waals surface area (Å²) < 4.78 is 18.5. The first-order valence-electron chi connectivity index (χ1n) is 9.28. The molecule has 1 aliphatic rings. The van der Waals surface area contributed by atoms with Crippen molar-refractivity contribution in [2.45, 2.75) is 12.5 Å². The Morgan fingerprint density at radius 2 is 1.86 bits per heavy atom. The summed E-state index contributed by atoms with van der Waals surface area (Å²) in [5.41, 5.74) is 0.700. The molecule has 1 N–H and O–H groups in total. The highest BCUT2D eigenvalue weighted by Crippen LogP contribution is 2.27. The molecule has 9 heteroatoms. The molecule has 0 aromatic heterocycles. The summed E-state index contributed by atoms with van der Waals surface area (Å²) in [7, 11) is 0. The fourth-order valence-electron chi connectivity index (χ4n) is 3.38. The predicted molar refractivity (Wildman–Crippen MR) is 104 cm³/mol. The molecule has 2 aromatic carbocycles. The van der Waals surface area contributed by atoms with Crippen LogP contribution >= 0.6 is 0 Å². The van der Waals surface area contributed by atoms with Gasteiger partial charge in [-0.1, -0.05) is 12.1 Å². The first kappa shape index (κ1) is 20.5. The Morgan fingerprint density at radius 3 is 2.48 bits per heavy atom. The number of rotatable bonds is 7. The molecule has 1 saturated heterocycles. The lowest BCUT2D eigenvalue weighted by atomic mass is 10.0. The SMILES string of the molecule is O=C(O)N1CCN(CCCOc2ccc(F)cc2)CC1c1ccc([N+](=O)[O-])cc1. The second kappa shape index (κ2) is 9.33. The second-order valence-electron chi connectivity index (χ2n) is 6.80. The van der Waals surface area contributed by atoms with Crippen molar-refractivity contribution in [2.24, 2.45) is 0 Å². The van der Waals surface area contributed by atoms with Gasteiger partial charge in [0.05, 0.1) is 17.6 Å². The van der Waals surface area contributed by atoms with Gasteiger partial charge in [0, 0.05) is 38.3 Å². The number of halogens is 1. The van der Waals surface area contributed by atoms with Gasteiger partial charge in [-0.15, -0.1) is 0 Å². The number of hydrogen-bond acceptors (Lipinski definition) is 5. The average molecular weight is 403 g/mol. The molecule has 154 valence electrons. The summed E-state index contributed by atoms with van der Waals surface area (Å²) in [5.74, 6) is 0.289. The first-order chi connectivity index (χ1) is 13.9. The smallest absolute Gasteiger partial charge is 0.407 e. The van der Waals surface area contributed by atoms with E-state index in [1.54, 1.807) is 24.3 Å². The highest BCUT2D eigenvalue weighted by Gasteiger charge is 2.31. The van der Waals surface area contributed by atoms with Crippen molar-refractivity contribution in [1.29, 1.82) is 0 Å². The quantitative estimate of drug-likeness (QED) is 0.432. The van der Waals surface area contributed by atoms with E-state index in [1.165, 1.54) is 29.2 Å². The predicted octanol–water partition coefficient (Wildman–Crippen LogP) is 3.54. The summed E-state index contributed by atoms with van der Waals surface area (Å²) in [6, 6.07) is 11.5. The van der Waals surface area contributed by atoms with Crippen LogP contribution in [0.15, 0.2) is 48.5 Å². The van der Waals surface area contributed by atoms with E-state index in [0.717, 1.165) is 18.5 Å². The number of carbonyl (C=O) groups is 1. The van der Waals surface area contributed by atoms with Crippen molar-refractivity contribution in [3.8, 4) is 5.75 Å². The molecule has 1 unspecified atom stereocenters. The van der Waals surface area contributed by atoms with Crippen molar-refractivity contribution in [2.75, 3.05) is 32.8 Å². The number of piperazine rings is 1. The Kier molecular flexibility index (Phi) is 6.61. The van der Waals surface area contributed by atoms with Crippen molar-refractivity contribution in [3.63, 3.8) is 0 Å². The molecule has 8 nitrogen and oxygen atoms in total. The third-order valence-corrected chi connectivity index (χ3v) is 4.90. The molecule has 1 heterocycles. The standard InChI is InChI=1S/C20H22FN3O5/c21-16-4-8-18(9-5-16)29-13-1-10-22-11-12-23(20(25)26)19(14-22)15-2-6-17(7-3-15)24(27)28/h2-9,19H,1,10-14H2,(H,25,26). The molecule has 3 rings (SSSR count). The number of nitro benzene ring substituents is 1. The number of nitrogens with zero attached hydrogens (tertiary/aromatic N) is 3. The highest BCUT2D eigenvalue weighted by molar-refractivity contribution is 5.66. The fraction of sp³-hybridized carbons (Fsp3) is 0.350. The van der Waals surface area contributed by atoms with E-state index in [2.05, 4.69) is 4.90 Å². The Labute approximate surface area is 167 Å². The number of hydrogen-bond donors (Lipinski definition) is 1. The van der Waals surface area contributed by atoms with Crippen LogP contribution in [0.3, 0.4) is 0 Å². The molecule has 1 aliphatic heterocycles. The van der Waals surface area contributed by atoms with Gasteiger partial charge in [0.1, 0.15) is 11.6 Å². The summed E-state index contributed by atoms with van der Waals surface area (Å²) in [6.45, 7) is 2.65. The van der Waals surface area contributed by atoms with E-state index in [-0.39, 0.29) is 17.5 Å². The molecule has 2 aromatic rings. The minimum atomic E-state index is -1.01. The zero-order chi connectivity index (χ0) is 20.8. The zero-order valence-corrected chi connectivity index (χ0v) is 15.7. The van der Waals surface area contributed by atoms with Gasteiger partial charge >= 0.3 is 6.09 Å². The van der Waals surface area contributed by atoms with Crippen molar-refractivity contribution >= 4 is 11.8 Å². The number of benzene rings is 2. The Bertz CT molecular complexity index is 844. The molecule has 0 radical (unpaired) electrons. The summed E-state index contributed by atoms with van der Waals surface area (Å²) in [5, 5.41) is 20.4. The molecule has 29 heavy (non-hydrogen) atoms. The van der Waals surface area contributed by atoms with Crippen LogP contribution in [0, 0.1) is 15.9 Å². The third kappa shape index (κ3) is 5.41. The largest absolute Gasteiger partial charge is 0.494 e. The van der Waals surface area contributed by atoms with E-state index in [0.29, 0.717) is 32.0 Å². The topological polar surface area (TPSA) is 96.2 Å². The van der Waals surface area contributed by atoms with E-state index in [4.69, 9.17) is 4.74 Å². The van der Waals surface area contributed by atoms with Crippen LogP contribution in [0.1, 0.15) is 18.0 Å². The molecule has 1 atom stereocenters. The summed E-state index contributed by atoms with van der Waals surface area (Å²) in [4.78, 5) is 25.5. The molecule has 0 bridgehead atoms. The van der Waals surface area contributed by atoms with Crippen molar-refractivity contribution in [1.82, 2.24) is 9.80 Å². The average Bonchev–Trinajstić information content (AvgIpc) is 2.72. The van der Waals surface area contributed by atoms with Crippen LogP contribution in [-0.2, 0) is 0 Å². The Morgan fingerprint density at radius 1 is 1.17 bits per heavy atom. The molecular weight excluding hydrogens is 381 g/mol. The molecule has 0 saturated carbocycles.